The Kier molecular flexibility index (Phi) is 6.08. The van der Waals surface area contributed by atoms with Crippen LogP contribution in [0.1, 0.15) is 18.4 Å². The van der Waals surface area contributed by atoms with Crippen LogP contribution in [0.2, 0.25) is 10.0 Å². The molecule has 0 saturated carbocycles. The molecule has 0 bridgehead atoms. The zero-order chi connectivity index (χ0) is 17.0. The summed E-state index contributed by atoms with van der Waals surface area (Å²) in [5.41, 5.74) is 0.793. The van der Waals surface area contributed by atoms with Crippen molar-refractivity contribution in [3.8, 4) is 0 Å². The van der Waals surface area contributed by atoms with Crippen LogP contribution >= 0.6 is 23.2 Å². The fourth-order valence-corrected chi connectivity index (χ4v) is 3.56. The van der Waals surface area contributed by atoms with Gasteiger partial charge in [0.1, 0.15) is 0 Å². The van der Waals surface area contributed by atoms with Gasteiger partial charge in [0.25, 0.3) is 0 Å². The number of likely N-dealkylation sites (tertiary alicyclic amines) is 1. The third-order valence-electron chi connectivity index (χ3n) is 3.55. The van der Waals surface area contributed by atoms with Gasteiger partial charge in [0, 0.05) is 25.2 Å². The summed E-state index contributed by atoms with van der Waals surface area (Å²) < 4.78 is 25.0. The number of piperidine rings is 1. The summed E-state index contributed by atoms with van der Waals surface area (Å²) in [4.78, 5) is 13.9. The van der Waals surface area contributed by atoms with Crippen LogP contribution < -0.4 is 4.72 Å². The quantitative estimate of drug-likeness (QED) is 0.821. The first kappa shape index (κ1) is 18.3. The van der Waals surface area contributed by atoms with E-state index in [4.69, 9.17) is 23.2 Å². The monoisotopic (exact) mass is 376 g/mol. The first-order valence-electron chi connectivity index (χ1n) is 7.14. The lowest BCUT2D eigenvalue weighted by molar-refractivity contribution is -0.126. The average Bonchev–Trinajstić information content (AvgIpc) is 2.47. The Balaban J connectivity index is 1.89. The third-order valence-corrected chi connectivity index (χ3v) is 5.05. The van der Waals surface area contributed by atoms with E-state index in [1.165, 1.54) is 6.08 Å². The fraction of sp³-hybridized carbons (Fsp3) is 0.400. The second kappa shape index (κ2) is 7.66. The molecule has 1 aromatic rings. The second-order valence-corrected chi connectivity index (χ2v) is 8.09. The third kappa shape index (κ3) is 5.80. The highest BCUT2D eigenvalue weighted by atomic mass is 35.5. The Morgan fingerprint density at radius 1 is 1.26 bits per heavy atom. The largest absolute Gasteiger partial charge is 0.339 e. The first-order valence-corrected chi connectivity index (χ1v) is 9.79. The first-order chi connectivity index (χ1) is 10.7. The summed E-state index contributed by atoms with van der Waals surface area (Å²) in [6.07, 6.45) is 5.54. The molecule has 0 aromatic heterocycles. The number of nitrogens with zero attached hydrogens (tertiary/aromatic N) is 1. The molecule has 5 nitrogen and oxygen atoms in total. The number of amides is 1. The molecule has 1 amide bonds. The van der Waals surface area contributed by atoms with Gasteiger partial charge in [-0.15, -0.1) is 0 Å². The van der Waals surface area contributed by atoms with Gasteiger partial charge in [0.15, 0.2) is 0 Å². The highest BCUT2D eigenvalue weighted by molar-refractivity contribution is 7.88. The van der Waals surface area contributed by atoms with E-state index >= 15 is 0 Å². The minimum atomic E-state index is -3.21. The van der Waals surface area contributed by atoms with Gasteiger partial charge in [-0.1, -0.05) is 29.3 Å². The van der Waals surface area contributed by atoms with E-state index in [2.05, 4.69) is 4.72 Å². The summed E-state index contributed by atoms with van der Waals surface area (Å²) in [6, 6.07) is 5.04. The van der Waals surface area contributed by atoms with Crippen molar-refractivity contribution >= 4 is 45.2 Å². The molecule has 0 unspecified atom stereocenters. The van der Waals surface area contributed by atoms with Crippen LogP contribution in [0.25, 0.3) is 6.08 Å². The van der Waals surface area contributed by atoms with E-state index in [1.54, 1.807) is 29.2 Å². The Morgan fingerprint density at radius 2 is 1.91 bits per heavy atom. The maximum absolute atomic E-state index is 12.2. The van der Waals surface area contributed by atoms with E-state index in [9.17, 15) is 13.2 Å². The van der Waals surface area contributed by atoms with Gasteiger partial charge < -0.3 is 4.90 Å². The lowest BCUT2D eigenvalue weighted by Gasteiger charge is -2.31. The number of benzene rings is 1. The number of hydrogen-bond acceptors (Lipinski definition) is 3. The minimum absolute atomic E-state index is 0.103. The van der Waals surface area contributed by atoms with E-state index in [1.807, 2.05) is 0 Å². The predicted molar refractivity (Wildman–Crippen MR) is 93.1 cm³/mol. The maximum Gasteiger partial charge on any atom is 0.246 e. The van der Waals surface area contributed by atoms with E-state index < -0.39 is 10.0 Å². The molecule has 1 fully saturated rings. The van der Waals surface area contributed by atoms with Gasteiger partial charge in [0.05, 0.1) is 16.3 Å². The van der Waals surface area contributed by atoms with Gasteiger partial charge in [-0.3, -0.25) is 4.79 Å². The minimum Gasteiger partial charge on any atom is -0.339 e. The Labute approximate surface area is 146 Å². The smallest absolute Gasteiger partial charge is 0.246 e. The Bertz CT molecular complexity index is 711. The van der Waals surface area contributed by atoms with Crippen LogP contribution in [0.3, 0.4) is 0 Å². The van der Waals surface area contributed by atoms with Crippen molar-refractivity contribution in [3.63, 3.8) is 0 Å². The molecular weight excluding hydrogens is 359 g/mol. The van der Waals surface area contributed by atoms with Crippen molar-refractivity contribution in [2.45, 2.75) is 18.9 Å². The molecule has 2 rings (SSSR count). The molecule has 126 valence electrons. The zero-order valence-electron chi connectivity index (χ0n) is 12.6. The molecule has 1 saturated heterocycles. The number of hydrogen-bond donors (Lipinski definition) is 1. The lowest BCUT2D eigenvalue weighted by atomic mass is 10.1. The normalized spacial score (nSPS) is 16.9. The van der Waals surface area contributed by atoms with Crippen LogP contribution in [0.15, 0.2) is 24.3 Å². The van der Waals surface area contributed by atoms with Crippen LogP contribution in [0.4, 0.5) is 0 Å². The van der Waals surface area contributed by atoms with Crippen LogP contribution in [0.5, 0.6) is 0 Å². The van der Waals surface area contributed by atoms with Crippen molar-refractivity contribution in [1.29, 1.82) is 0 Å². The number of halogens is 2. The number of sulfonamides is 1. The molecule has 0 atom stereocenters. The summed E-state index contributed by atoms with van der Waals surface area (Å²) in [6.45, 7) is 1.05. The van der Waals surface area contributed by atoms with Gasteiger partial charge in [-0.2, -0.15) is 0 Å². The molecular formula is C15H18Cl2N2O3S. The summed E-state index contributed by atoms with van der Waals surface area (Å²) >= 11 is 11.8. The summed E-state index contributed by atoms with van der Waals surface area (Å²) in [5.74, 6) is -0.103. The topological polar surface area (TPSA) is 66.5 Å². The number of nitrogens with one attached hydrogen (secondary N) is 1. The van der Waals surface area contributed by atoms with E-state index in [0.29, 0.717) is 36.0 Å². The summed E-state index contributed by atoms with van der Waals surface area (Å²) in [5, 5.41) is 0.907. The van der Waals surface area contributed by atoms with Crippen molar-refractivity contribution in [2.75, 3.05) is 19.3 Å². The Morgan fingerprint density at radius 3 is 2.48 bits per heavy atom. The zero-order valence-corrected chi connectivity index (χ0v) is 15.0. The van der Waals surface area contributed by atoms with Crippen molar-refractivity contribution in [1.82, 2.24) is 9.62 Å². The second-order valence-electron chi connectivity index (χ2n) is 5.50. The molecule has 0 radical (unpaired) electrons. The molecule has 1 aromatic carbocycles. The SMILES string of the molecule is CS(=O)(=O)NC1CCN(C(=O)/C=C/c2ccc(Cl)c(Cl)c2)CC1. The lowest BCUT2D eigenvalue weighted by Crippen LogP contribution is -2.45. The molecule has 0 aliphatic carbocycles. The van der Waals surface area contributed by atoms with Crippen LogP contribution in [0, 0.1) is 0 Å². The standard InChI is InChI=1S/C15H18Cl2N2O3S/c1-23(21,22)18-12-6-8-19(9-7-12)15(20)5-3-11-2-4-13(16)14(17)10-11/h2-5,10,12,18H,6-9H2,1H3/b5-3+. The van der Waals surface area contributed by atoms with E-state index in [-0.39, 0.29) is 11.9 Å². The van der Waals surface area contributed by atoms with Crippen molar-refractivity contribution in [3.05, 3.63) is 39.9 Å². The fourth-order valence-electron chi connectivity index (χ4n) is 2.41. The highest BCUT2D eigenvalue weighted by Crippen LogP contribution is 2.23. The Hall–Kier alpha value is -1.08. The number of carbonyl (C=O) groups is 1. The maximum atomic E-state index is 12.2. The van der Waals surface area contributed by atoms with Gasteiger partial charge in [-0.25, -0.2) is 13.1 Å². The number of rotatable bonds is 4. The van der Waals surface area contributed by atoms with Crippen LogP contribution in [-0.2, 0) is 14.8 Å². The van der Waals surface area contributed by atoms with Gasteiger partial charge in [-0.05, 0) is 36.6 Å². The molecule has 1 aliphatic rings. The van der Waals surface area contributed by atoms with Crippen LogP contribution in [-0.4, -0.2) is 44.6 Å². The van der Waals surface area contributed by atoms with E-state index in [0.717, 1.165) is 11.8 Å². The summed E-state index contributed by atoms with van der Waals surface area (Å²) in [7, 11) is -3.21. The van der Waals surface area contributed by atoms with Crippen molar-refractivity contribution < 1.29 is 13.2 Å². The molecule has 8 heteroatoms. The van der Waals surface area contributed by atoms with Gasteiger partial charge in [0.2, 0.25) is 15.9 Å². The average molecular weight is 377 g/mol. The molecule has 1 aliphatic heterocycles. The highest BCUT2D eigenvalue weighted by Gasteiger charge is 2.23. The predicted octanol–water partition coefficient (Wildman–Crippen LogP) is 2.55. The molecule has 1 heterocycles. The van der Waals surface area contributed by atoms with Gasteiger partial charge >= 0.3 is 0 Å². The van der Waals surface area contributed by atoms with Crippen molar-refractivity contribution in [2.24, 2.45) is 0 Å². The molecule has 0 spiro atoms. The number of carbonyl (C=O) groups excluding carboxylic acids is 1. The molecule has 23 heavy (non-hydrogen) atoms. The molecule has 1 N–H and O–H groups in total.